The van der Waals surface area contributed by atoms with Gasteiger partial charge in [-0.15, -0.1) is 0 Å². The maximum absolute atomic E-state index is 10.3. The molecule has 0 amide bonds. The van der Waals surface area contributed by atoms with Crippen molar-refractivity contribution in [3.63, 3.8) is 0 Å². The Bertz CT molecular complexity index is 2720. The van der Waals surface area contributed by atoms with Crippen LogP contribution in [0.3, 0.4) is 0 Å². The van der Waals surface area contributed by atoms with Gasteiger partial charge >= 0.3 is 0 Å². The summed E-state index contributed by atoms with van der Waals surface area (Å²) in [6.45, 7) is 4.27. The summed E-state index contributed by atoms with van der Waals surface area (Å²) in [6.07, 6.45) is 0. The van der Waals surface area contributed by atoms with Gasteiger partial charge in [0, 0.05) is 5.56 Å². The lowest BCUT2D eigenvalue weighted by molar-refractivity contribution is 1.47. The molecule has 52 heavy (non-hydrogen) atoms. The second-order valence-electron chi connectivity index (χ2n) is 13.2. The molecule has 0 aromatic heterocycles. The van der Waals surface area contributed by atoms with Gasteiger partial charge < -0.3 is 0 Å². The van der Waals surface area contributed by atoms with E-state index in [9.17, 15) is 5.26 Å². The molecule has 0 fully saturated rings. The molecular weight excluding hydrogens is 627 g/mol. The van der Waals surface area contributed by atoms with Crippen molar-refractivity contribution >= 4 is 49.0 Å². The third-order valence-electron chi connectivity index (χ3n) is 10.2. The third-order valence-corrected chi connectivity index (χ3v) is 10.2. The Morgan fingerprint density at radius 1 is 0.385 bits per heavy atom. The Labute approximate surface area is 304 Å². The minimum Gasteiger partial charge on any atom is -0.192 e. The van der Waals surface area contributed by atoms with Gasteiger partial charge in [0.1, 0.15) is 0 Å². The summed E-state index contributed by atoms with van der Waals surface area (Å²) in [5, 5.41) is 17.7. The van der Waals surface area contributed by atoms with Crippen LogP contribution in [0.2, 0.25) is 0 Å². The van der Waals surface area contributed by atoms with Crippen molar-refractivity contribution in [3.8, 4) is 28.3 Å². The van der Waals surface area contributed by atoms with Crippen molar-refractivity contribution in [2.75, 3.05) is 0 Å². The zero-order valence-corrected chi connectivity index (χ0v) is 28.6. The van der Waals surface area contributed by atoms with E-state index >= 15 is 0 Å². The predicted molar refractivity (Wildman–Crippen MR) is 220 cm³/mol. The maximum Gasteiger partial charge on any atom is 0.0991 e. The maximum atomic E-state index is 10.3. The summed E-state index contributed by atoms with van der Waals surface area (Å²) in [5.41, 5.74) is 12.1. The van der Waals surface area contributed by atoms with Crippen molar-refractivity contribution in [3.05, 3.63) is 222 Å². The van der Waals surface area contributed by atoms with Crippen LogP contribution < -0.4 is 0 Å². The molecule has 9 aromatic carbocycles. The zero-order chi connectivity index (χ0) is 35.0. The highest BCUT2D eigenvalue weighted by atomic mass is 14.3. The first-order valence-electron chi connectivity index (χ1n) is 17.6. The highest BCUT2D eigenvalue weighted by Gasteiger charge is 2.25. The molecule has 0 atom stereocenters. The summed E-state index contributed by atoms with van der Waals surface area (Å²) < 4.78 is 0. The van der Waals surface area contributed by atoms with Gasteiger partial charge in [-0.05, 0) is 100 Å². The predicted octanol–water partition coefficient (Wildman–Crippen LogP) is 13.5. The Hall–Kier alpha value is -7.01. The fraction of sp³-hybridized carbons (Fsp3) is 0. The number of nitriles is 1. The number of hydrogen-bond acceptors (Lipinski definition) is 1. The first-order chi connectivity index (χ1) is 25.7. The molecule has 242 valence electrons. The van der Waals surface area contributed by atoms with Crippen molar-refractivity contribution in [2.24, 2.45) is 0 Å². The topological polar surface area (TPSA) is 23.8 Å². The molecule has 0 unspecified atom stereocenters. The van der Waals surface area contributed by atoms with Crippen LogP contribution in [-0.2, 0) is 0 Å². The molecule has 1 heteroatoms. The average molecular weight is 660 g/mol. The smallest absolute Gasteiger partial charge is 0.0991 e. The quantitative estimate of drug-likeness (QED) is 0.0949. The first-order valence-corrected chi connectivity index (χ1v) is 17.6. The van der Waals surface area contributed by atoms with Gasteiger partial charge in [-0.2, -0.15) is 5.26 Å². The second kappa shape index (κ2) is 13.0. The van der Waals surface area contributed by atoms with Gasteiger partial charge in [-0.3, -0.25) is 0 Å². The molecule has 0 saturated carbocycles. The molecule has 0 bridgehead atoms. The molecule has 0 aliphatic rings. The van der Waals surface area contributed by atoms with Gasteiger partial charge in [0.2, 0.25) is 0 Å². The normalized spacial score (nSPS) is 11.1. The zero-order valence-electron chi connectivity index (χ0n) is 28.6. The van der Waals surface area contributed by atoms with Crippen LogP contribution in [0.15, 0.2) is 195 Å². The van der Waals surface area contributed by atoms with Gasteiger partial charge in [0.25, 0.3) is 0 Å². The summed E-state index contributed by atoms with van der Waals surface area (Å²) in [5.74, 6) is 0. The monoisotopic (exact) mass is 659 g/mol. The number of benzene rings is 9. The number of allylic oxidation sites excluding steroid dienone is 1. The van der Waals surface area contributed by atoms with E-state index in [0.717, 1.165) is 61.2 Å². The average Bonchev–Trinajstić information content (AvgIpc) is 3.22. The number of hydrogen-bond donors (Lipinski definition) is 0. The molecule has 0 radical (unpaired) electrons. The first kappa shape index (κ1) is 31.0. The fourth-order valence-corrected chi connectivity index (χ4v) is 7.93. The van der Waals surface area contributed by atoms with Crippen LogP contribution in [0.1, 0.15) is 27.8 Å². The van der Waals surface area contributed by atoms with Crippen LogP contribution in [0, 0.1) is 11.3 Å². The SMILES string of the molecule is C=C(C#N)c1ccc(C(=C(c2ccccc2)c2ccccc2)c2ccccc2)c(-c2cc3ccc4cccc5ccc(c2)c3c45)c1-c1ccccc1. The highest BCUT2D eigenvalue weighted by molar-refractivity contribution is 6.24. The minimum atomic E-state index is 0.431. The van der Waals surface area contributed by atoms with E-state index in [-0.39, 0.29) is 0 Å². The Morgan fingerprint density at radius 2 is 0.808 bits per heavy atom. The largest absolute Gasteiger partial charge is 0.192 e. The Kier molecular flexibility index (Phi) is 7.77. The lowest BCUT2D eigenvalue weighted by Crippen LogP contribution is -2.03. The van der Waals surface area contributed by atoms with Crippen LogP contribution >= 0.6 is 0 Å². The summed E-state index contributed by atoms with van der Waals surface area (Å²) >= 11 is 0. The summed E-state index contributed by atoms with van der Waals surface area (Å²) in [7, 11) is 0. The Balaban J connectivity index is 1.49. The molecule has 1 nitrogen and oxygen atoms in total. The van der Waals surface area contributed by atoms with Crippen LogP contribution in [0.5, 0.6) is 0 Å². The van der Waals surface area contributed by atoms with Crippen LogP contribution in [0.25, 0.3) is 71.3 Å². The minimum absolute atomic E-state index is 0.431. The van der Waals surface area contributed by atoms with Gasteiger partial charge in [0.15, 0.2) is 0 Å². The highest BCUT2D eigenvalue weighted by Crippen LogP contribution is 2.48. The molecule has 0 aliphatic carbocycles. The Morgan fingerprint density at radius 3 is 1.33 bits per heavy atom. The van der Waals surface area contributed by atoms with E-state index in [4.69, 9.17) is 0 Å². The van der Waals surface area contributed by atoms with Crippen molar-refractivity contribution in [2.45, 2.75) is 0 Å². The number of rotatable bonds is 7. The fourth-order valence-electron chi connectivity index (χ4n) is 7.93. The molecule has 0 saturated heterocycles. The van der Waals surface area contributed by atoms with E-state index < -0.39 is 0 Å². The molecule has 9 aromatic rings. The standard InChI is InChI=1S/C51H33N/c1-34(33-52)44-29-30-45(50(38-21-12-5-13-22-38)47(35-15-6-2-7-16-35)36-17-8-3-9-18-36)51(49(44)37-19-10-4-11-20-37)43-31-41-27-25-39-23-14-24-40-26-28-42(32-43)48(41)46(39)40/h2-32H,1H2. The lowest BCUT2D eigenvalue weighted by atomic mass is 9.78. The molecule has 0 heterocycles. The lowest BCUT2D eigenvalue weighted by Gasteiger charge is -2.25. The van der Waals surface area contributed by atoms with E-state index in [0.29, 0.717) is 5.57 Å². The van der Waals surface area contributed by atoms with Crippen molar-refractivity contribution < 1.29 is 0 Å². The molecule has 0 spiro atoms. The van der Waals surface area contributed by atoms with Gasteiger partial charge in [-0.1, -0.05) is 183 Å². The molecule has 0 aliphatic heterocycles. The second-order valence-corrected chi connectivity index (χ2v) is 13.2. The van der Waals surface area contributed by atoms with E-state index in [2.05, 4.69) is 195 Å². The van der Waals surface area contributed by atoms with E-state index in [1.807, 2.05) is 6.07 Å². The molecular formula is C51H33N. The van der Waals surface area contributed by atoms with Crippen molar-refractivity contribution in [1.82, 2.24) is 0 Å². The van der Waals surface area contributed by atoms with E-state index in [1.54, 1.807) is 0 Å². The van der Waals surface area contributed by atoms with Crippen LogP contribution in [0.4, 0.5) is 0 Å². The summed E-state index contributed by atoms with van der Waals surface area (Å²) in [4.78, 5) is 0. The van der Waals surface area contributed by atoms with E-state index in [1.165, 1.54) is 32.3 Å². The number of nitrogens with zero attached hydrogens (tertiary/aromatic N) is 1. The summed E-state index contributed by atoms with van der Waals surface area (Å²) in [6, 6.07) is 69.4. The molecule has 9 rings (SSSR count). The molecule has 0 N–H and O–H groups in total. The van der Waals surface area contributed by atoms with Crippen LogP contribution in [-0.4, -0.2) is 0 Å². The third kappa shape index (κ3) is 5.26. The van der Waals surface area contributed by atoms with Gasteiger partial charge in [-0.25, -0.2) is 0 Å². The van der Waals surface area contributed by atoms with Gasteiger partial charge in [0.05, 0.1) is 11.6 Å². The van der Waals surface area contributed by atoms with Crippen molar-refractivity contribution in [1.29, 1.82) is 5.26 Å².